The number of anilines is 1. The largest absolute Gasteiger partial charge is 0.383 e. The van der Waals surface area contributed by atoms with Crippen molar-refractivity contribution in [2.24, 2.45) is 0 Å². The third kappa shape index (κ3) is 3.26. The minimum Gasteiger partial charge on any atom is -0.383 e. The van der Waals surface area contributed by atoms with Crippen LogP contribution in [0, 0.1) is 0 Å². The van der Waals surface area contributed by atoms with E-state index in [0.29, 0.717) is 11.7 Å². The van der Waals surface area contributed by atoms with Gasteiger partial charge in [0.1, 0.15) is 5.82 Å². The van der Waals surface area contributed by atoms with Crippen LogP contribution in [-0.2, 0) is 5.75 Å². The van der Waals surface area contributed by atoms with Gasteiger partial charge in [0, 0.05) is 22.4 Å². The maximum absolute atomic E-state index is 5.82. The fourth-order valence-electron chi connectivity index (χ4n) is 1.68. The summed E-state index contributed by atoms with van der Waals surface area (Å²) in [6.45, 7) is 4.41. The lowest BCUT2D eigenvalue weighted by Crippen LogP contribution is -1.95. The average molecular weight is 258 g/mol. The van der Waals surface area contributed by atoms with Crippen LogP contribution in [0.1, 0.15) is 30.9 Å². The van der Waals surface area contributed by atoms with Gasteiger partial charge in [0.05, 0.1) is 0 Å². The molecule has 1 aromatic carbocycles. The number of nitrogens with two attached hydrogens (primary N) is 1. The van der Waals surface area contributed by atoms with Crippen LogP contribution < -0.4 is 5.73 Å². The third-order valence-corrected chi connectivity index (χ3v) is 3.93. The Labute approximate surface area is 113 Å². The molecule has 0 saturated heterocycles. The number of rotatable bonds is 4. The van der Waals surface area contributed by atoms with Crippen molar-refractivity contribution in [3.8, 4) is 0 Å². The molecule has 0 fully saturated rings. The van der Waals surface area contributed by atoms with Gasteiger partial charge in [-0.25, -0.2) is 4.98 Å². The van der Waals surface area contributed by atoms with Gasteiger partial charge in [-0.15, -0.1) is 11.8 Å². The summed E-state index contributed by atoms with van der Waals surface area (Å²) in [6, 6.07) is 12.7. The summed E-state index contributed by atoms with van der Waals surface area (Å²) >= 11 is 1.79. The molecule has 0 aliphatic rings. The standard InChI is InChI=1S/C15H18N2S/c1-11(2)12-5-7-14(8-6-12)18-10-13-4-3-9-17-15(13)16/h3-9,11H,10H2,1-2H3,(H2,16,17). The van der Waals surface area contributed by atoms with Crippen molar-refractivity contribution in [1.82, 2.24) is 4.98 Å². The highest BCUT2D eigenvalue weighted by atomic mass is 32.2. The first-order chi connectivity index (χ1) is 8.66. The van der Waals surface area contributed by atoms with Crippen molar-refractivity contribution in [3.63, 3.8) is 0 Å². The van der Waals surface area contributed by atoms with E-state index in [1.807, 2.05) is 12.1 Å². The van der Waals surface area contributed by atoms with Crippen molar-refractivity contribution >= 4 is 17.6 Å². The summed E-state index contributed by atoms with van der Waals surface area (Å²) in [4.78, 5) is 5.36. The minimum absolute atomic E-state index is 0.581. The highest BCUT2D eigenvalue weighted by Crippen LogP contribution is 2.26. The monoisotopic (exact) mass is 258 g/mol. The van der Waals surface area contributed by atoms with Gasteiger partial charge in [-0.3, -0.25) is 0 Å². The molecule has 0 unspecified atom stereocenters. The predicted octanol–water partition coefficient (Wildman–Crippen LogP) is 4.08. The number of pyridine rings is 1. The zero-order valence-corrected chi connectivity index (χ0v) is 11.6. The van der Waals surface area contributed by atoms with Crippen LogP contribution in [0.3, 0.4) is 0 Å². The normalized spacial score (nSPS) is 10.8. The molecule has 18 heavy (non-hydrogen) atoms. The van der Waals surface area contributed by atoms with E-state index in [9.17, 15) is 0 Å². The molecule has 2 N–H and O–H groups in total. The average Bonchev–Trinajstić information content (AvgIpc) is 2.38. The second kappa shape index (κ2) is 5.91. The number of nitrogen functional groups attached to an aromatic ring is 1. The summed E-state index contributed by atoms with van der Waals surface area (Å²) in [6.07, 6.45) is 1.72. The Bertz CT molecular complexity index is 506. The molecule has 0 spiro atoms. The van der Waals surface area contributed by atoms with Crippen molar-refractivity contribution in [2.45, 2.75) is 30.4 Å². The fourth-order valence-corrected chi connectivity index (χ4v) is 2.58. The van der Waals surface area contributed by atoms with E-state index in [1.165, 1.54) is 10.5 Å². The van der Waals surface area contributed by atoms with Gasteiger partial charge >= 0.3 is 0 Å². The number of hydrogen-bond acceptors (Lipinski definition) is 3. The number of thioether (sulfide) groups is 1. The molecule has 94 valence electrons. The molecule has 0 radical (unpaired) electrons. The van der Waals surface area contributed by atoms with E-state index in [-0.39, 0.29) is 0 Å². The molecule has 0 bridgehead atoms. The van der Waals surface area contributed by atoms with E-state index in [4.69, 9.17) is 5.73 Å². The molecular formula is C15H18N2S. The Morgan fingerprint density at radius 1 is 1.17 bits per heavy atom. The number of benzene rings is 1. The summed E-state index contributed by atoms with van der Waals surface area (Å²) in [5.41, 5.74) is 8.29. The Kier molecular flexibility index (Phi) is 4.26. The quantitative estimate of drug-likeness (QED) is 0.840. The summed E-state index contributed by atoms with van der Waals surface area (Å²) in [7, 11) is 0. The molecule has 0 aliphatic heterocycles. The second-order valence-electron chi connectivity index (χ2n) is 4.56. The van der Waals surface area contributed by atoms with Crippen LogP contribution >= 0.6 is 11.8 Å². The zero-order chi connectivity index (χ0) is 13.0. The Hall–Kier alpha value is -1.48. The summed E-state index contributed by atoms with van der Waals surface area (Å²) in [5.74, 6) is 2.07. The first kappa shape index (κ1) is 13.0. The molecule has 0 amide bonds. The van der Waals surface area contributed by atoms with Crippen LogP contribution in [-0.4, -0.2) is 4.98 Å². The molecule has 0 aliphatic carbocycles. The first-order valence-corrected chi connectivity index (χ1v) is 7.07. The van der Waals surface area contributed by atoms with Gasteiger partial charge in [-0.05, 0) is 29.7 Å². The maximum Gasteiger partial charge on any atom is 0.127 e. The highest BCUT2D eigenvalue weighted by molar-refractivity contribution is 7.98. The molecule has 1 aromatic heterocycles. The van der Waals surface area contributed by atoms with Gasteiger partial charge in [-0.1, -0.05) is 32.0 Å². The lowest BCUT2D eigenvalue weighted by molar-refractivity contribution is 0.865. The van der Waals surface area contributed by atoms with Crippen LogP contribution in [0.25, 0.3) is 0 Å². The molecule has 1 heterocycles. The van der Waals surface area contributed by atoms with Crippen molar-refractivity contribution in [1.29, 1.82) is 0 Å². The van der Waals surface area contributed by atoms with E-state index in [2.05, 4.69) is 43.1 Å². The number of aromatic nitrogens is 1. The summed E-state index contributed by atoms with van der Waals surface area (Å²) < 4.78 is 0. The fraction of sp³-hybridized carbons (Fsp3) is 0.267. The zero-order valence-electron chi connectivity index (χ0n) is 10.8. The predicted molar refractivity (Wildman–Crippen MR) is 78.7 cm³/mol. The number of nitrogens with zero attached hydrogens (tertiary/aromatic N) is 1. The third-order valence-electron chi connectivity index (χ3n) is 2.87. The lowest BCUT2D eigenvalue weighted by Gasteiger charge is -2.07. The van der Waals surface area contributed by atoms with Crippen molar-refractivity contribution < 1.29 is 0 Å². The van der Waals surface area contributed by atoms with Crippen molar-refractivity contribution in [3.05, 3.63) is 53.7 Å². The summed E-state index contributed by atoms with van der Waals surface area (Å²) in [5, 5.41) is 0. The van der Waals surface area contributed by atoms with Gasteiger partial charge < -0.3 is 5.73 Å². The lowest BCUT2D eigenvalue weighted by atomic mass is 10.0. The highest BCUT2D eigenvalue weighted by Gasteiger charge is 2.02. The van der Waals surface area contributed by atoms with E-state index >= 15 is 0 Å². The van der Waals surface area contributed by atoms with Crippen LogP contribution in [0.2, 0.25) is 0 Å². The van der Waals surface area contributed by atoms with Crippen molar-refractivity contribution in [2.75, 3.05) is 5.73 Å². The van der Waals surface area contributed by atoms with E-state index in [1.54, 1.807) is 18.0 Å². The van der Waals surface area contributed by atoms with Gasteiger partial charge in [0.15, 0.2) is 0 Å². The molecule has 2 aromatic rings. The molecule has 3 heteroatoms. The Morgan fingerprint density at radius 3 is 2.50 bits per heavy atom. The SMILES string of the molecule is CC(C)c1ccc(SCc2cccnc2N)cc1. The Balaban J connectivity index is 2.00. The van der Waals surface area contributed by atoms with Crippen LogP contribution in [0.5, 0.6) is 0 Å². The topological polar surface area (TPSA) is 38.9 Å². The number of hydrogen-bond donors (Lipinski definition) is 1. The molecule has 2 rings (SSSR count). The van der Waals surface area contributed by atoms with E-state index < -0.39 is 0 Å². The van der Waals surface area contributed by atoms with Gasteiger partial charge in [0.2, 0.25) is 0 Å². The van der Waals surface area contributed by atoms with Gasteiger partial charge in [-0.2, -0.15) is 0 Å². The van der Waals surface area contributed by atoms with Crippen LogP contribution in [0.15, 0.2) is 47.5 Å². The second-order valence-corrected chi connectivity index (χ2v) is 5.61. The maximum atomic E-state index is 5.82. The molecule has 0 atom stereocenters. The van der Waals surface area contributed by atoms with Crippen LogP contribution in [0.4, 0.5) is 5.82 Å². The van der Waals surface area contributed by atoms with Gasteiger partial charge in [0.25, 0.3) is 0 Å². The first-order valence-electron chi connectivity index (χ1n) is 6.09. The smallest absolute Gasteiger partial charge is 0.127 e. The molecule has 0 saturated carbocycles. The Morgan fingerprint density at radius 2 is 1.89 bits per heavy atom. The van der Waals surface area contributed by atoms with E-state index in [0.717, 1.165) is 11.3 Å². The minimum atomic E-state index is 0.581. The molecule has 2 nitrogen and oxygen atoms in total. The molecular weight excluding hydrogens is 240 g/mol.